The maximum absolute atomic E-state index is 10.5. The van der Waals surface area contributed by atoms with Crippen LogP contribution < -0.4 is 0 Å². The molecule has 5 nitrogen and oxygen atoms in total. The lowest BCUT2D eigenvalue weighted by Crippen LogP contribution is -1.97. The molecule has 0 saturated heterocycles. The number of carbonyl (C=O) groups excluding carboxylic acids is 1. The van der Waals surface area contributed by atoms with E-state index in [1.165, 1.54) is 19.3 Å². The molecule has 5 heteroatoms. The van der Waals surface area contributed by atoms with Gasteiger partial charge in [-0.15, -0.1) is 0 Å². The van der Waals surface area contributed by atoms with Gasteiger partial charge in [0.05, 0.1) is 13.2 Å². The number of esters is 1. The third kappa shape index (κ3) is 4.99. The van der Waals surface area contributed by atoms with Gasteiger partial charge in [-0.25, -0.2) is 4.79 Å². The van der Waals surface area contributed by atoms with Crippen LogP contribution in [0.4, 0.5) is 0 Å². The zero-order valence-corrected chi connectivity index (χ0v) is 6.39. The van der Waals surface area contributed by atoms with E-state index in [-0.39, 0.29) is 6.04 Å². The molecule has 0 aromatic carbocycles. The van der Waals surface area contributed by atoms with Crippen LogP contribution in [0.1, 0.15) is 6.92 Å². The van der Waals surface area contributed by atoms with Crippen LogP contribution in [0.25, 0.3) is 10.4 Å². The third-order valence-electron chi connectivity index (χ3n) is 0.946. The molecule has 0 aliphatic carbocycles. The van der Waals surface area contributed by atoms with Gasteiger partial charge in [-0.1, -0.05) is 18.1 Å². The summed E-state index contributed by atoms with van der Waals surface area (Å²) in [7, 11) is 1.28. The molecule has 0 amide bonds. The molecule has 0 aliphatic heterocycles. The highest BCUT2D eigenvalue weighted by atomic mass is 16.5. The fourth-order valence-corrected chi connectivity index (χ4v) is 0.406. The van der Waals surface area contributed by atoms with Gasteiger partial charge in [-0.2, -0.15) is 0 Å². The molecule has 0 fully saturated rings. The molecule has 11 heavy (non-hydrogen) atoms. The van der Waals surface area contributed by atoms with Crippen molar-refractivity contribution in [3.05, 3.63) is 22.6 Å². The molecule has 60 valence electrons. The Morgan fingerprint density at radius 1 is 1.82 bits per heavy atom. The molecular formula is C6H9N3O2. The predicted molar refractivity (Wildman–Crippen MR) is 39.8 cm³/mol. The Bertz CT molecular complexity index is 206. The summed E-state index contributed by atoms with van der Waals surface area (Å²) in [6.45, 7) is 1.67. The molecule has 0 rings (SSSR count). The Balaban J connectivity index is 3.91. The first-order valence-electron chi connectivity index (χ1n) is 3.01. The molecule has 1 atom stereocenters. The maximum atomic E-state index is 10.5. The van der Waals surface area contributed by atoms with E-state index in [0.29, 0.717) is 0 Å². The number of methoxy groups -OCH3 is 1. The summed E-state index contributed by atoms with van der Waals surface area (Å²) in [6.07, 6.45) is 2.69. The van der Waals surface area contributed by atoms with E-state index >= 15 is 0 Å². The van der Waals surface area contributed by atoms with Crippen LogP contribution in [0.5, 0.6) is 0 Å². The normalized spacial score (nSPS) is 12.2. The van der Waals surface area contributed by atoms with Crippen molar-refractivity contribution < 1.29 is 9.53 Å². The molecule has 0 heterocycles. The van der Waals surface area contributed by atoms with Gasteiger partial charge in [0.2, 0.25) is 0 Å². The van der Waals surface area contributed by atoms with Crippen LogP contribution in [0.15, 0.2) is 17.3 Å². The average molecular weight is 155 g/mol. The molecule has 0 bridgehead atoms. The van der Waals surface area contributed by atoms with Crippen molar-refractivity contribution in [3.63, 3.8) is 0 Å². The zero-order valence-electron chi connectivity index (χ0n) is 6.39. The van der Waals surface area contributed by atoms with E-state index in [2.05, 4.69) is 14.8 Å². The van der Waals surface area contributed by atoms with Crippen molar-refractivity contribution in [1.82, 2.24) is 0 Å². The quantitative estimate of drug-likeness (QED) is 0.203. The number of rotatable bonds is 3. The van der Waals surface area contributed by atoms with Crippen molar-refractivity contribution in [2.75, 3.05) is 7.11 Å². The first-order chi connectivity index (χ1) is 5.20. The SMILES string of the molecule is COC(=O)/C=C/C(C)N=[N+]=[N-]. The molecule has 0 aromatic rings. The van der Waals surface area contributed by atoms with E-state index in [1.54, 1.807) is 6.92 Å². The molecule has 0 radical (unpaired) electrons. The van der Waals surface area contributed by atoms with Gasteiger partial charge in [-0.05, 0) is 5.53 Å². The van der Waals surface area contributed by atoms with E-state index in [1.807, 2.05) is 0 Å². The number of hydrogen-bond donors (Lipinski definition) is 0. The molecule has 0 aliphatic rings. The number of ether oxygens (including phenoxy) is 1. The van der Waals surface area contributed by atoms with Crippen LogP contribution in [-0.2, 0) is 9.53 Å². The van der Waals surface area contributed by atoms with Crippen molar-refractivity contribution in [2.45, 2.75) is 13.0 Å². The van der Waals surface area contributed by atoms with E-state index < -0.39 is 5.97 Å². The van der Waals surface area contributed by atoms with E-state index in [9.17, 15) is 4.79 Å². The van der Waals surface area contributed by atoms with Crippen molar-refractivity contribution in [2.24, 2.45) is 5.11 Å². The van der Waals surface area contributed by atoms with Crippen LogP contribution >= 0.6 is 0 Å². The standard InChI is InChI=1S/C6H9N3O2/c1-5(8-9-7)3-4-6(10)11-2/h3-5H,1-2H3/b4-3+. The van der Waals surface area contributed by atoms with Gasteiger partial charge in [0.1, 0.15) is 0 Å². The topological polar surface area (TPSA) is 75.1 Å². The Hall–Kier alpha value is -1.48. The Morgan fingerprint density at radius 2 is 2.45 bits per heavy atom. The number of nitrogens with zero attached hydrogens (tertiary/aromatic N) is 3. The van der Waals surface area contributed by atoms with Crippen LogP contribution in [0.2, 0.25) is 0 Å². The van der Waals surface area contributed by atoms with Crippen molar-refractivity contribution in [1.29, 1.82) is 0 Å². The highest BCUT2D eigenvalue weighted by Crippen LogP contribution is 1.92. The number of carbonyl (C=O) groups is 1. The highest BCUT2D eigenvalue weighted by molar-refractivity contribution is 5.81. The lowest BCUT2D eigenvalue weighted by Gasteiger charge is -1.92. The lowest BCUT2D eigenvalue weighted by molar-refractivity contribution is -0.134. The summed E-state index contributed by atoms with van der Waals surface area (Å²) in [4.78, 5) is 13.0. The number of hydrogen-bond acceptors (Lipinski definition) is 3. The van der Waals surface area contributed by atoms with Gasteiger partial charge < -0.3 is 4.74 Å². The molecule has 0 aromatic heterocycles. The smallest absolute Gasteiger partial charge is 0.330 e. The predicted octanol–water partition coefficient (Wildman–Crippen LogP) is 1.41. The van der Waals surface area contributed by atoms with Gasteiger partial charge in [0.25, 0.3) is 0 Å². The summed E-state index contributed by atoms with van der Waals surface area (Å²) < 4.78 is 4.32. The van der Waals surface area contributed by atoms with E-state index in [0.717, 1.165) is 0 Å². The van der Waals surface area contributed by atoms with Gasteiger partial charge in [0.15, 0.2) is 0 Å². The summed E-state index contributed by atoms with van der Waals surface area (Å²) in [5.74, 6) is -0.454. The minimum Gasteiger partial charge on any atom is -0.466 e. The Labute approximate surface area is 64.3 Å². The second-order valence-electron chi connectivity index (χ2n) is 1.83. The fourth-order valence-electron chi connectivity index (χ4n) is 0.406. The summed E-state index contributed by atoms with van der Waals surface area (Å²) in [6, 6.07) is -0.320. The monoisotopic (exact) mass is 155 g/mol. The molecule has 0 N–H and O–H groups in total. The summed E-state index contributed by atoms with van der Waals surface area (Å²) in [5, 5.41) is 3.32. The second kappa shape index (κ2) is 5.32. The van der Waals surface area contributed by atoms with Gasteiger partial charge in [0, 0.05) is 11.0 Å². The van der Waals surface area contributed by atoms with Crippen LogP contribution in [0, 0.1) is 0 Å². The summed E-state index contributed by atoms with van der Waals surface area (Å²) in [5.41, 5.74) is 7.97. The van der Waals surface area contributed by atoms with Crippen LogP contribution in [0.3, 0.4) is 0 Å². The Kier molecular flexibility index (Phi) is 4.60. The third-order valence-corrected chi connectivity index (χ3v) is 0.946. The highest BCUT2D eigenvalue weighted by Gasteiger charge is 1.93. The van der Waals surface area contributed by atoms with Crippen molar-refractivity contribution in [3.8, 4) is 0 Å². The van der Waals surface area contributed by atoms with E-state index in [4.69, 9.17) is 5.53 Å². The van der Waals surface area contributed by atoms with Crippen molar-refractivity contribution >= 4 is 5.97 Å². The maximum Gasteiger partial charge on any atom is 0.330 e. The second-order valence-corrected chi connectivity index (χ2v) is 1.83. The molecule has 0 saturated carbocycles. The first-order valence-corrected chi connectivity index (χ1v) is 3.01. The molecular weight excluding hydrogens is 146 g/mol. The lowest BCUT2D eigenvalue weighted by atomic mass is 10.3. The van der Waals surface area contributed by atoms with Gasteiger partial charge in [-0.3, -0.25) is 0 Å². The first kappa shape index (κ1) is 9.52. The van der Waals surface area contributed by atoms with Gasteiger partial charge >= 0.3 is 5.97 Å². The Morgan fingerprint density at radius 3 is 2.91 bits per heavy atom. The molecule has 1 unspecified atom stereocenters. The number of azide groups is 1. The average Bonchev–Trinajstić information content (AvgIpc) is 2.01. The van der Waals surface area contributed by atoms with Crippen LogP contribution in [-0.4, -0.2) is 19.1 Å². The molecule has 0 spiro atoms. The summed E-state index contributed by atoms with van der Waals surface area (Å²) >= 11 is 0. The minimum absolute atomic E-state index is 0.320. The minimum atomic E-state index is -0.454. The zero-order chi connectivity index (χ0) is 8.69. The largest absolute Gasteiger partial charge is 0.466 e. The fraction of sp³-hybridized carbons (Fsp3) is 0.500.